The van der Waals surface area contributed by atoms with Gasteiger partial charge in [-0.15, -0.1) is 0 Å². The van der Waals surface area contributed by atoms with E-state index in [4.69, 9.17) is 29.3 Å². The van der Waals surface area contributed by atoms with E-state index in [2.05, 4.69) is 21.9 Å². The minimum atomic E-state index is -1.82. The van der Waals surface area contributed by atoms with Gasteiger partial charge in [-0.05, 0) is 49.2 Å². The van der Waals surface area contributed by atoms with Crippen LogP contribution in [-0.2, 0) is 9.59 Å². The van der Waals surface area contributed by atoms with Crippen molar-refractivity contribution in [1.82, 2.24) is 9.80 Å². The van der Waals surface area contributed by atoms with Crippen molar-refractivity contribution in [3.8, 4) is 11.5 Å². The first-order valence-electron chi connectivity index (χ1n) is 11.9. The highest BCUT2D eigenvalue weighted by molar-refractivity contribution is 6.27. The molecular weight excluding hydrogens is 466 g/mol. The normalized spacial score (nSPS) is 16.5. The first-order valence-corrected chi connectivity index (χ1v) is 11.9. The van der Waals surface area contributed by atoms with Crippen LogP contribution in [0.15, 0.2) is 48.5 Å². The fraction of sp³-hybridized carbons (Fsp3) is 0.423. The molecule has 4 rings (SSSR count). The lowest BCUT2D eigenvalue weighted by molar-refractivity contribution is -0.159. The second kappa shape index (κ2) is 12.8. The molecule has 0 saturated carbocycles. The number of piperidine rings is 1. The summed E-state index contributed by atoms with van der Waals surface area (Å²) in [6, 6.07) is 16.2. The number of carboxylic acids is 2. The van der Waals surface area contributed by atoms with Gasteiger partial charge in [-0.1, -0.05) is 12.1 Å². The van der Waals surface area contributed by atoms with E-state index in [0.29, 0.717) is 6.04 Å². The van der Waals surface area contributed by atoms with Crippen molar-refractivity contribution >= 4 is 23.5 Å². The number of carboxylic acid groups (broad SMARTS) is 2. The summed E-state index contributed by atoms with van der Waals surface area (Å²) in [5.74, 6) is -1.81. The van der Waals surface area contributed by atoms with Crippen LogP contribution in [-0.4, -0.2) is 97.4 Å². The Balaban J connectivity index is 0.000000538. The van der Waals surface area contributed by atoms with E-state index in [-0.39, 0.29) is 5.91 Å². The molecule has 2 saturated heterocycles. The zero-order chi connectivity index (χ0) is 26.1. The molecule has 2 aromatic carbocycles. The van der Waals surface area contributed by atoms with Crippen molar-refractivity contribution in [1.29, 1.82) is 0 Å². The number of likely N-dealkylation sites (tertiary alicyclic amines) is 1. The monoisotopic (exact) mass is 499 g/mol. The van der Waals surface area contributed by atoms with E-state index in [1.807, 2.05) is 41.3 Å². The quantitative estimate of drug-likeness (QED) is 0.597. The number of carbonyl (C=O) groups excluding carboxylic acids is 1. The number of methoxy groups -OCH3 is 2. The Labute approximate surface area is 210 Å². The number of nitrogens with zero attached hydrogens (tertiary/aromatic N) is 3. The molecule has 10 heteroatoms. The summed E-state index contributed by atoms with van der Waals surface area (Å²) in [5.41, 5.74) is 1.92. The molecule has 0 aromatic heterocycles. The largest absolute Gasteiger partial charge is 0.497 e. The van der Waals surface area contributed by atoms with Crippen LogP contribution in [0.5, 0.6) is 11.5 Å². The van der Waals surface area contributed by atoms with Crippen molar-refractivity contribution in [2.24, 2.45) is 0 Å². The van der Waals surface area contributed by atoms with E-state index in [9.17, 15) is 4.79 Å². The molecule has 36 heavy (non-hydrogen) atoms. The number of rotatable bonds is 5. The summed E-state index contributed by atoms with van der Waals surface area (Å²) in [6.45, 7) is 5.76. The molecule has 0 unspecified atom stereocenters. The second-order valence-corrected chi connectivity index (χ2v) is 8.56. The number of carbonyl (C=O) groups is 3. The van der Waals surface area contributed by atoms with E-state index in [0.717, 1.165) is 69.2 Å². The lowest BCUT2D eigenvalue weighted by atomic mass is 10.0. The lowest BCUT2D eigenvalue weighted by Gasteiger charge is -2.43. The van der Waals surface area contributed by atoms with Gasteiger partial charge >= 0.3 is 11.9 Å². The first kappa shape index (κ1) is 26.8. The van der Waals surface area contributed by atoms with Crippen molar-refractivity contribution in [3.63, 3.8) is 0 Å². The molecule has 0 bridgehead atoms. The molecule has 194 valence electrons. The van der Waals surface area contributed by atoms with E-state index < -0.39 is 11.9 Å². The molecule has 0 radical (unpaired) electrons. The molecule has 2 fully saturated rings. The number of amides is 1. The summed E-state index contributed by atoms with van der Waals surface area (Å²) >= 11 is 0. The van der Waals surface area contributed by atoms with Gasteiger partial charge in [-0.2, -0.15) is 0 Å². The third-order valence-corrected chi connectivity index (χ3v) is 6.53. The van der Waals surface area contributed by atoms with Gasteiger partial charge in [0.05, 0.1) is 19.9 Å². The van der Waals surface area contributed by atoms with Crippen molar-refractivity contribution in [3.05, 3.63) is 54.1 Å². The predicted molar refractivity (Wildman–Crippen MR) is 134 cm³/mol. The van der Waals surface area contributed by atoms with Crippen LogP contribution in [0.3, 0.4) is 0 Å². The highest BCUT2D eigenvalue weighted by Gasteiger charge is 2.30. The first-order chi connectivity index (χ1) is 17.3. The summed E-state index contributed by atoms with van der Waals surface area (Å²) in [4.78, 5) is 38.0. The average molecular weight is 500 g/mol. The fourth-order valence-corrected chi connectivity index (χ4v) is 4.57. The Morgan fingerprint density at radius 1 is 0.778 bits per heavy atom. The molecule has 2 heterocycles. The summed E-state index contributed by atoms with van der Waals surface area (Å²) < 4.78 is 10.7. The number of anilines is 1. The van der Waals surface area contributed by atoms with Crippen LogP contribution < -0.4 is 14.4 Å². The number of piperazine rings is 1. The molecule has 1 amide bonds. The molecule has 10 nitrogen and oxygen atoms in total. The number of aliphatic carboxylic acids is 2. The molecular formula is C26H33N3O7. The second-order valence-electron chi connectivity index (χ2n) is 8.56. The highest BCUT2D eigenvalue weighted by Crippen LogP contribution is 2.29. The average Bonchev–Trinajstić information content (AvgIpc) is 2.93. The van der Waals surface area contributed by atoms with Gasteiger partial charge in [0, 0.05) is 50.9 Å². The summed E-state index contributed by atoms with van der Waals surface area (Å²) in [7, 11) is 3.37. The molecule has 2 aliphatic rings. The third kappa shape index (κ3) is 6.88. The van der Waals surface area contributed by atoms with Crippen LogP contribution in [0.1, 0.15) is 23.2 Å². The van der Waals surface area contributed by atoms with Gasteiger partial charge in [-0.25, -0.2) is 9.59 Å². The number of hydrogen-bond donors (Lipinski definition) is 2. The Kier molecular flexibility index (Phi) is 9.52. The Morgan fingerprint density at radius 2 is 1.36 bits per heavy atom. The topological polar surface area (TPSA) is 120 Å². The minimum Gasteiger partial charge on any atom is -0.497 e. The smallest absolute Gasteiger partial charge is 0.414 e. The van der Waals surface area contributed by atoms with E-state index >= 15 is 0 Å². The van der Waals surface area contributed by atoms with E-state index in [1.165, 1.54) is 5.69 Å². The number of ether oxygens (including phenoxy) is 2. The summed E-state index contributed by atoms with van der Waals surface area (Å²) in [5, 5.41) is 14.8. The van der Waals surface area contributed by atoms with Gasteiger partial charge < -0.3 is 29.5 Å². The van der Waals surface area contributed by atoms with Crippen LogP contribution in [0.2, 0.25) is 0 Å². The SMILES string of the molecule is COc1ccc(C(=O)N2CCC(N3CCN(c4ccccc4OC)CC3)CC2)cc1.O=C(O)C(=O)O. The van der Waals surface area contributed by atoms with Crippen LogP contribution >= 0.6 is 0 Å². The third-order valence-electron chi connectivity index (χ3n) is 6.53. The van der Waals surface area contributed by atoms with Crippen molar-refractivity contribution in [2.75, 3.05) is 58.4 Å². The Hall–Kier alpha value is -3.79. The molecule has 2 N–H and O–H groups in total. The highest BCUT2D eigenvalue weighted by atomic mass is 16.5. The molecule has 0 spiro atoms. The molecule has 2 aromatic rings. The van der Waals surface area contributed by atoms with Crippen LogP contribution in [0.25, 0.3) is 0 Å². The van der Waals surface area contributed by atoms with Gasteiger partial charge in [0.1, 0.15) is 11.5 Å². The Morgan fingerprint density at radius 3 is 1.89 bits per heavy atom. The maximum Gasteiger partial charge on any atom is 0.414 e. The maximum atomic E-state index is 12.8. The summed E-state index contributed by atoms with van der Waals surface area (Å²) in [6.07, 6.45) is 2.08. The van der Waals surface area contributed by atoms with Crippen LogP contribution in [0, 0.1) is 0 Å². The van der Waals surface area contributed by atoms with Crippen molar-refractivity contribution < 1.29 is 34.1 Å². The number of hydrogen-bond acceptors (Lipinski definition) is 7. The minimum absolute atomic E-state index is 0.122. The van der Waals surface area contributed by atoms with Gasteiger partial charge in [0.2, 0.25) is 0 Å². The van der Waals surface area contributed by atoms with Crippen LogP contribution in [0.4, 0.5) is 5.69 Å². The zero-order valence-electron chi connectivity index (χ0n) is 20.6. The molecule has 0 aliphatic carbocycles. The fourth-order valence-electron chi connectivity index (χ4n) is 4.57. The standard InChI is InChI=1S/C24H31N3O3.C2H2O4/c1-29-21-9-7-19(8-10-21)24(28)27-13-11-20(12-14-27)25-15-17-26(18-16-25)22-5-3-4-6-23(22)30-2;3-1(4)2(5)6/h3-10,20H,11-18H2,1-2H3;(H,3,4)(H,5,6). The number of benzene rings is 2. The lowest BCUT2D eigenvalue weighted by Crippen LogP contribution is -2.53. The molecule has 0 atom stereocenters. The van der Waals surface area contributed by atoms with Gasteiger partial charge in [-0.3, -0.25) is 9.69 Å². The van der Waals surface area contributed by atoms with E-state index in [1.54, 1.807) is 14.2 Å². The van der Waals surface area contributed by atoms with Gasteiger partial charge in [0.25, 0.3) is 5.91 Å². The van der Waals surface area contributed by atoms with Crippen molar-refractivity contribution in [2.45, 2.75) is 18.9 Å². The number of para-hydroxylation sites is 2. The Bertz CT molecular complexity index is 1020. The maximum absolute atomic E-state index is 12.8. The van der Waals surface area contributed by atoms with Gasteiger partial charge in [0.15, 0.2) is 0 Å². The predicted octanol–water partition coefficient (Wildman–Crippen LogP) is 2.29. The molecule has 2 aliphatic heterocycles. The zero-order valence-corrected chi connectivity index (χ0v) is 20.6.